The molecule has 442 valence electrons. The lowest BCUT2D eigenvalue weighted by Gasteiger charge is -2.29. The summed E-state index contributed by atoms with van der Waals surface area (Å²) in [6.07, 6.45) is 4.55. The number of para-hydroxylation sites is 2. The molecule has 1 fully saturated rings. The number of unbranched alkanes of at least 4 members (excludes halogenated alkanes) is 1. The maximum atomic E-state index is 15.1. The largest absolute Gasteiger partial charge is 0.368 e. The molecular weight excluding hydrogens is 1090 g/mol. The number of H-pyrrole nitrogens is 2. The quantitative estimate of drug-likeness (QED) is 0.0434. The summed E-state index contributed by atoms with van der Waals surface area (Å²) in [6, 6.07) is 21.5. The minimum Gasteiger partial charge on any atom is -0.368 e. The van der Waals surface area contributed by atoms with Crippen LogP contribution in [-0.4, -0.2) is 124 Å². The molecule has 15 N–H and O–H groups in total. The maximum absolute atomic E-state index is 15.1. The minimum absolute atomic E-state index is 0.0162. The molecule has 6 aromatic rings. The summed E-state index contributed by atoms with van der Waals surface area (Å²) < 4.78 is 0. The van der Waals surface area contributed by atoms with Crippen molar-refractivity contribution in [1.82, 2.24) is 47.2 Å². The number of nitrogens with two attached hydrogens (primary N) is 3. The zero-order chi connectivity index (χ0) is 59.8. The van der Waals surface area contributed by atoms with E-state index in [-0.39, 0.29) is 49.0 Å². The van der Waals surface area contributed by atoms with E-state index in [0.29, 0.717) is 36.1 Å². The Morgan fingerprint density at radius 3 is 1.82 bits per heavy atom. The summed E-state index contributed by atoms with van der Waals surface area (Å²) in [5.74, 6) is -6.74. The molecule has 0 spiro atoms. The van der Waals surface area contributed by atoms with E-state index in [2.05, 4.69) is 68.0 Å². The fraction of sp³-hybridized carbons (Fsp3) is 0.410. The first-order valence-corrected chi connectivity index (χ1v) is 30.5. The first-order valence-electron chi connectivity index (χ1n) is 28.0. The number of aromatic amines is 2. The van der Waals surface area contributed by atoms with Gasteiger partial charge in [0.25, 0.3) is 0 Å². The number of primary amides is 1. The Balaban J connectivity index is 1.27. The minimum atomic E-state index is -1.36. The van der Waals surface area contributed by atoms with Gasteiger partial charge in [-0.1, -0.05) is 147 Å². The van der Waals surface area contributed by atoms with Crippen molar-refractivity contribution in [3.63, 3.8) is 0 Å². The molecule has 0 bridgehead atoms. The van der Waals surface area contributed by atoms with Crippen molar-refractivity contribution in [2.45, 2.75) is 133 Å². The highest BCUT2D eigenvalue weighted by Crippen LogP contribution is 2.26. The number of aromatic nitrogens is 2. The number of carbonyl (C=O) groups excluding carboxylic acids is 8. The first-order chi connectivity index (χ1) is 39.7. The van der Waals surface area contributed by atoms with Crippen molar-refractivity contribution in [3.8, 4) is 0 Å². The van der Waals surface area contributed by atoms with Crippen LogP contribution in [0, 0.1) is 5.92 Å². The first kappa shape index (κ1) is 62.9. The lowest BCUT2D eigenvalue weighted by Crippen LogP contribution is -2.61. The number of carbonyl (C=O) groups is 8. The fourth-order valence-corrected chi connectivity index (χ4v) is 12.1. The Hall–Kier alpha value is -7.66. The Labute approximate surface area is 491 Å². The number of nitrogens with one attached hydrogen (secondary N) is 9. The van der Waals surface area contributed by atoms with Gasteiger partial charge in [0.2, 0.25) is 47.3 Å². The van der Waals surface area contributed by atoms with Gasteiger partial charge in [-0.05, 0) is 83.5 Å². The van der Waals surface area contributed by atoms with Gasteiger partial charge in [0.15, 0.2) is 0 Å². The molecular formula is C61H78N12O8S2. The number of rotatable bonds is 18. The molecule has 0 saturated carbocycles. The van der Waals surface area contributed by atoms with Crippen LogP contribution < -0.4 is 54.4 Å². The molecule has 0 unspecified atom stereocenters. The third-order valence-corrected chi connectivity index (χ3v) is 17.1. The molecule has 1 aliphatic heterocycles. The molecule has 1 saturated heterocycles. The smallest absolute Gasteiger partial charge is 0.244 e. The van der Waals surface area contributed by atoms with Crippen LogP contribution in [0.25, 0.3) is 21.8 Å². The number of hydrogen-bond donors (Lipinski definition) is 12. The number of hydrogen-bond acceptors (Lipinski definition) is 12. The van der Waals surface area contributed by atoms with Crippen LogP contribution >= 0.6 is 21.6 Å². The van der Waals surface area contributed by atoms with Gasteiger partial charge in [-0.15, -0.1) is 0 Å². The van der Waals surface area contributed by atoms with Gasteiger partial charge in [0.05, 0.1) is 6.04 Å². The van der Waals surface area contributed by atoms with E-state index < -0.39 is 102 Å². The summed E-state index contributed by atoms with van der Waals surface area (Å²) in [5, 5.41) is 21.5. The van der Waals surface area contributed by atoms with Crippen LogP contribution in [0.2, 0.25) is 0 Å². The number of fused-ring (bicyclic) bond motifs is 2. The van der Waals surface area contributed by atoms with E-state index in [1.165, 1.54) is 0 Å². The molecule has 3 heterocycles. The van der Waals surface area contributed by atoms with Crippen LogP contribution in [0.3, 0.4) is 0 Å². The Morgan fingerprint density at radius 2 is 1.19 bits per heavy atom. The van der Waals surface area contributed by atoms with Crippen molar-refractivity contribution in [2.24, 2.45) is 23.1 Å². The van der Waals surface area contributed by atoms with E-state index in [0.717, 1.165) is 54.5 Å². The molecule has 1 aliphatic rings. The molecule has 7 rings (SSSR count). The summed E-state index contributed by atoms with van der Waals surface area (Å²) in [7, 11) is 2.18. The second-order valence-corrected chi connectivity index (χ2v) is 25.0. The number of amides is 8. The molecule has 22 heteroatoms. The van der Waals surface area contributed by atoms with Crippen molar-refractivity contribution >= 4 is 90.7 Å². The molecule has 8 amide bonds. The lowest BCUT2D eigenvalue weighted by atomic mass is 9.86. The van der Waals surface area contributed by atoms with E-state index in [4.69, 9.17) is 17.2 Å². The highest BCUT2D eigenvalue weighted by molar-refractivity contribution is 8.76. The third-order valence-electron chi connectivity index (χ3n) is 14.7. The molecule has 83 heavy (non-hydrogen) atoms. The van der Waals surface area contributed by atoms with Crippen LogP contribution in [0.15, 0.2) is 116 Å². The highest BCUT2D eigenvalue weighted by Gasteiger charge is 2.36. The second kappa shape index (κ2) is 29.5. The van der Waals surface area contributed by atoms with Crippen LogP contribution in [0.1, 0.15) is 81.7 Å². The molecule has 0 radical (unpaired) electrons. The van der Waals surface area contributed by atoms with Crippen LogP contribution in [0.5, 0.6) is 0 Å². The van der Waals surface area contributed by atoms with Gasteiger partial charge in [0, 0.05) is 65.0 Å². The zero-order valence-electron chi connectivity index (χ0n) is 47.6. The third kappa shape index (κ3) is 17.7. The average molecular weight is 1170 g/mol. The van der Waals surface area contributed by atoms with Gasteiger partial charge < -0.3 is 64.4 Å². The van der Waals surface area contributed by atoms with Crippen molar-refractivity contribution in [3.05, 3.63) is 143 Å². The van der Waals surface area contributed by atoms with Gasteiger partial charge >= 0.3 is 0 Å². The second-order valence-electron chi connectivity index (χ2n) is 22.4. The summed E-state index contributed by atoms with van der Waals surface area (Å²) >= 11 is 0. The van der Waals surface area contributed by atoms with Crippen molar-refractivity contribution in [2.75, 3.05) is 18.1 Å². The van der Waals surface area contributed by atoms with E-state index in [1.54, 1.807) is 26.2 Å². The maximum Gasteiger partial charge on any atom is 0.244 e. The lowest BCUT2D eigenvalue weighted by molar-refractivity contribution is -0.136. The monoisotopic (exact) mass is 1170 g/mol. The Morgan fingerprint density at radius 1 is 0.627 bits per heavy atom. The van der Waals surface area contributed by atoms with Gasteiger partial charge in [-0.2, -0.15) is 0 Å². The Bertz CT molecular complexity index is 3220. The van der Waals surface area contributed by atoms with Gasteiger partial charge in [0.1, 0.15) is 42.3 Å². The molecule has 8 atom stereocenters. The predicted molar refractivity (Wildman–Crippen MR) is 326 cm³/mol. The summed E-state index contributed by atoms with van der Waals surface area (Å²) in [5.41, 5.74) is 23.6. The highest BCUT2D eigenvalue weighted by atomic mass is 33.1. The van der Waals surface area contributed by atoms with E-state index in [9.17, 15) is 33.6 Å². The fourth-order valence-electron chi connectivity index (χ4n) is 9.80. The molecule has 4 aromatic carbocycles. The van der Waals surface area contributed by atoms with Gasteiger partial charge in [-0.25, -0.2) is 0 Å². The van der Waals surface area contributed by atoms with E-state index in [1.807, 2.05) is 103 Å². The molecule has 2 aromatic heterocycles. The van der Waals surface area contributed by atoms with Crippen molar-refractivity contribution in [1.29, 1.82) is 0 Å². The Kier molecular flexibility index (Phi) is 22.4. The summed E-state index contributed by atoms with van der Waals surface area (Å²) in [4.78, 5) is 122. The number of benzene rings is 4. The summed E-state index contributed by atoms with van der Waals surface area (Å²) in [6.45, 7) is 9.95. The van der Waals surface area contributed by atoms with E-state index >= 15 is 4.79 Å². The standard InChI is InChI=1S/C61H78N12O8S2/c1-35(2)52-60(81)72-51(58(79)68-47(53(64)74)29-38-31-65-44-19-11-9-17-41(38)44)34-83-82-33-50(71-54(75)43(63)27-36-15-7-6-8-16-36)59(80)69-48(28-37-22-24-40(25-23-37)61(3,4)5)56(77)70-49(30-39-32-66-45-20-12-10-18-42(39)45)57(78)67-46(55(76)73-52)21-13-14-26-62/h6-12,15-20,22-25,31-32,35,43,46-52,65-66H,13-14,21,26-30,33-34,62-63H2,1-5H3,(H2,64,74)(H,67,78)(H,68,79)(H,69,80)(H,70,77)(H,71,75)(H,72,81)(H,73,76)/t43-,46+,47-,48+,49-,50+,51+,52+/m1/s1. The topological polar surface area (TPSA) is 330 Å². The van der Waals surface area contributed by atoms with Crippen molar-refractivity contribution < 1.29 is 38.4 Å². The van der Waals surface area contributed by atoms with Crippen LogP contribution in [-0.2, 0) is 69.5 Å². The normalized spacial score (nSPS) is 20.7. The van der Waals surface area contributed by atoms with Crippen LogP contribution in [0.4, 0.5) is 0 Å². The molecule has 0 aliphatic carbocycles. The van der Waals surface area contributed by atoms with Gasteiger partial charge in [-0.3, -0.25) is 38.4 Å². The SMILES string of the molecule is CC(C)[C@@H]1NC(=O)[C@H](CCCCN)NC(=O)[C@@H](Cc2c[nH]c3ccccc23)NC(=O)[C@H](Cc2ccc(C(C)(C)C)cc2)NC(=O)[C@@H](NC(=O)[C@H](N)Cc2ccccc2)CSSC[C@@H](C(=O)N[C@H](Cc2c[nH]c3ccccc23)C(N)=O)NC1=O. The predicted octanol–water partition coefficient (Wildman–Crippen LogP) is 3.60. The zero-order valence-corrected chi connectivity index (χ0v) is 49.2. The molecule has 20 nitrogen and oxygen atoms in total. The average Bonchev–Trinajstić information content (AvgIpc) is 4.30.